The predicted molar refractivity (Wildman–Crippen MR) is 61.3 cm³/mol. The molecule has 10 nitrogen and oxygen atoms in total. The fourth-order valence-electron chi connectivity index (χ4n) is 0. The van der Waals surface area contributed by atoms with Crippen LogP contribution in [0.25, 0.3) is 0 Å². The van der Waals surface area contributed by atoms with Gasteiger partial charge >= 0.3 is 17.1 Å². The molecule has 0 unspecified atom stereocenters. The molecule has 0 amide bonds. The first-order chi connectivity index (χ1) is 8.66. The van der Waals surface area contributed by atoms with Crippen molar-refractivity contribution in [3.05, 3.63) is 0 Å². The molecule has 0 aliphatic carbocycles. The Morgan fingerprint density at radius 1 is 0.571 bits per heavy atom. The molecule has 11 heteroatoms. The van der Waals surface area contributed by atoms with Crippen molar-refractivity contribution in [1.82, 2.24) is 0 Å². The van der Waals surface area contributed by atoms with E-state index in [1.165, 1.54) is 0 Å². The van der Waals surface area contributed by atoms with Crippen molar-refractivity contribution in [2.24, 2.45) is 0 Å². The van der Waals surface area contributed by atoms with Gasteiger partial charge in [0.05, 0.1) is 0 Å². The molecule has 0 spiro atoms. The Bertz CT molecular complexity index is 211. The number of hydrogen-bond donors (Lipinski definition) is 3. The quantitative estimate of drug-likeness (QED) is 0.402. The molecular formula is C10H18MnO10. The first-order valence-electron chi connectivity index (χ1n) is 4.60. The first kappa shape index (κ1) is 36.4. The predicted octanol–water partition coefficient (Wildman–Crippen LogP) is -2.22. The van der Waals surface area contributed by atoms with Crippen molar-refractivity contribution >= 4 is 29.8 Å². The van der Waals surface area contributed by atoms with Gasteiger partial charge in [0.25, 0.3) is 17.9 Å². The molecule has 3 N–H and O–H groups in total. The maximum atomic E-state index is 9.00. The van der Waals surface area contributed by atoms with E-state index in [4.69, 9.17) is 49.5 Å². The minimum absolute atomic E-state index is 0. The number of rotatable bonds is 0. The molecule has 1 radical (unpaired) electrons. The van der Waals surface area contributed by atoms with Gasteiger partial charge in [-0.25, -0.2) is 0 Å². The molecule has 125 valence electrons. The van der Waals surface area contributed by atoms with E-state index in [-0.39, 0.29) is 17.1 Å². The molecule has 0 fully saturated rings. The van der Waals surface area contributed by atoms with Crippen LogP contribution < -0.4 is 10.2 Å². The number of carboxylic acid groups (broad SMARTS) is 5. The zero-order valence-corrected chi connectivity index (χ0v) is 13.3. The van der Waals surface area contributed by atoms with Crippen LogP contribution in [0.15, 0.2) is 0 Å². The number of hydrogen-bond acceptors (Lipinski definition) is 7. The van der Waals surface area contributed by atoms with Crippen molar-refractivity contribution in [3.8, 4) is 0 Å². The van der Waals surface area contributed by atoms with Gasteiger partial charge in [0.2, 0.25) is 0 Å². The standard InChI is InChI=1S/5C2H4O2.Mn/c5*1-2(3)4;/h5*1H3,(H,3,4);/q;;;;;+2/p-2. The van der Waals surface area contributed by atoms with Crippen LogP contribution in [-0.4, -0.2) is 45.2 Å². The number of carboxylic acids is 5. The van der Waals surface area contributed by atoms with Crippen LogP contribution >= 0.6 is 0 Å². The Morgan fingerprint density at radius 2 is 0.571 bits per heavy atom. The summed E-state index contributed by atoms with van der Waals surface area (Å²) < 4.78 is 0. The zero-order valence-electron chi connectivity index (χ0n) is 12.1. The summed E-state index contributed by atoms with van der Waals surface area (Å²) in [5.41, 5.74) is 0. The smallest absolute Gasteiger partial charge is 0.550 e. The summed E-state index contributed by atoms with van der Waals surface area (Å²) in [4.78, 5) is 44.8. The molecule has 0 aliphatic heterocycles. The van der Waals surface area contributed by atoms with Crippen LogP contribution in [0, 0.1) is 0 Å². The number of carbonyl (C=O) groups is 5. The van der Waals surface area contributed by atoms with Crippen LogP contribution in [0.1, 0.15) is 34.6 Å². The van der Waals surface area contributed by atoms with Gasteiger partial charge in [0.1, 0.15) is 0 Å². The van der Waals surface area contributed by atoms with E-state index >= 15 is 0 Å². The van der Waals surface area contributed by atoms with Gasteiger partial charge in [0, 0.05) is 32.7 Å². The molecule has 0 rings (SSSR count). The average Bonchev–Trinajstić information content (AvgIpc) is 1.94. The van der Waals surface area contributed by atoms with Gasteiger partial charge in [-0.3, -0.25) is 14.4 Å². The summed E-state index contributed by atoms with van der Waals surface area (Å²) in [6.45, 7) is 5.19. The maximum absolute atomic E-state index is 9.00. The molecule has 0 aliphatic rings. The second-order valence-corrected chi connectivity index (χ2v) is 2.54. The molecule has 0 aromatic heterocycles. The van der Waals surface area contributed by atoms with E-state index < -0.39 is 29.8 Å². The Balaban J connectivity index is -0.0000000331. The Kier molecular flexibility index (Phi) is 53.2. The van der Waals surface area contributed by atoms with Crippen LogP contribution in [0.2, 0.25) is 0 Å². The van der Waals surface area contributed by atoms with E-state index in [0.717, 1.165) is 34.6 Å². The van der Waals surface area contributed by atoms with E-state index in [0.29, 0.717) is 0 Å². The molecule has 21 heavy (non-hydrogen) atoms. The van der Waals surface area contributed by atoms with Crippen LogP contribution in [0.5, 0.6) is 0 Å². The molecule has 0 aromatic carbocycles. The SMILES string of the molecule is CC(=O)O.CC(=O)O.CC(=O)O.CC(=O)[O-].CC(=O)[O-].[Mn+2]. The summed E-state index contributed by atoms with van der Waals surface area (Å²) in [7, 11) is 0. The molecule has 0 atom stereocenters. The molecule has 0 aromatic rings. The largest absolute Gasteiger partial charge is 2.00 e. The van der Waals surface area contributed by atoms with Gasteiger partial charge in [-0.1, -0.05) is 0 Å². The van der Waals surface area contributed by atoms with E-state index in [1.807, 2.05) is 0 Å². The summed E-state index contributed by atoms with van der Waals surface area (Å²) in [5, 5.41) is 40.0. The number of aliphatic carboxylic acids is 5. The molecular weight excluding hydrogens is 335 g/mol. The number of carbonyl (C=O) groups excluding carboxylic acids is 2. The summed E-state index contributed by atoms with van der Waals surface area (Å²) in [6.07, 6.45) is 0. The normalized spacial score (nSPS) is 5.95. The van der Waals surface area contributed by atoms with Gasteiger partial charge in [-0.2, -0.15) is 0 Å². The fraction of sp³-hybridized carbons (Fsp3) is 0.500. The van der Waals surface area contributed by atoms with Crippen LogP contribution in [0.3, 0.4) is 0 Å². The van der Waals surface area contributed by atoms with Gasteiger partial charge in [0.15, 0.2) is 0 Å². The van der Waals surface area contributed by atoms with Gasteiger partial charge in [-0.05, 0) is 13.8 Å². The monoisotopic (exact) mass is 353 g/mol. The average molecular weight is 353 g/mol. The summed E-state index contributed by atoms with van der Waals surface area (Å²) >= 11 is 0. The van der Waals surface area contributed by atoms with Crippen molar-refractivity contribution in [3.63, 3.8) is 0 Å². The fourth-order valence-corrected chi connectivity index (χ4v) is 0. The van der Waals surface area contributed by atoms with Crippen molar-refractivity contribution in [2.45, 2.75) is 34.6 Å². The third-order valence-corrected chi connectivity index (χ3v) is 0. The summed E-state index contributed by atoms with van der Waals surface area (Å²) in [6, 6.07) is 0. The Morgan fingerprint density at radius 3 is 0.571 bits per heavy atom. The van der Waals surface area contributed by atoms with E-state index in [2.05, 4.69) is 0 Å². The van der Waals surface area contributed by atoms with Crippen molar-refractivity contribution in [2.75, 3.05) is 0 Å². The van der Waals surface area contributed by atoms with Crippen molar-refractivity contribution < 1.29 is 66.6 Å². The van der Waals surface area contributed by atoms with Crippen LogP contribution in [-0.2, 0) is 41.0 Å². The summed E-state index contributed by atoms with van der Waals surface area (Å²) in [5.74, 6) is -4.67. The zero-order chi connectivity index (χ0) is 17.9. The van der Waals surface area contributed by atoms with E-state index in [9.17, 15) is 0 Å². The molecule has 0 saturated carbocycles. The third-order valence-electron chi connectivity index (χ3n) is 0. The molecule has 0 heterocycles. The Hall–Kier alpha value is -2.13. The maximum Gasteiger partial charge on any atom is 2.00 e. The topological polar surface area (TPSA) is 192 Å². The molecule has 0 bridgehead atoms. The molecule has 0 saturated heterocycles. The minimum Gasteiger partial charge on any atom is -0.550 e. The van der Waals surface area contributed by atoms with Crippen molar-refractivity contribution in [1.29, 1.82) is 0 Å². The third kappa shape index (κ3) is 991. The Labute approximate surface area is 131 Å². The van der Waals surface area contributed by atoms with Gasteiger partial charge in [-0.15, -0.1) is 0 Å². The second-order valence-electron chi connectivity index (χ2n) is 2.54. The van der Waals surface area contributed by atoms with Gasteiger partial charge < -0.3 is 35.1 Å². The first-order valence-corrected chi connectivity index (χ1v) is 4.60. The minimum atomic E-state index is -1.08. The second kappa shape index (κ2) is 30.7. The van der Waals surface area contributed by atoms with E-state index in [1.54, 1.807) is 0 Å². The van der Waals surface area contributed by atoms with Crippen LogP contribution in [0.4, 0.5) is 0 Å².